The monoisotopic (exact) mass is 691 g/mol. The van der Waals surface area contributed by atoms with E-state index in [0.717, 1.165) is 30.4 Å². The molecule has 0 saturated heterocycles. The Labute approximate surface area is 284 Å². The number of phenolic OH excluding ortho intramolecular Hbond substituents is 6. The van der Waals surface area contributed by atoms with Crippen LogP contribution >= 0.6 is 0 Å². The summed E-state index contributed by atoms with van der Waals surface area (Å²) in [6.45, 7) is 0. The molecule has 15 heteroatoms. The van der Waals surface area contributed by atoms with Crippen molar-refractivity contribution in [1.82, 2.24) is 5.32 Å². The Balaban J connectivity index is 1.64. The number of rotatable bonds is 10. The maximum atomic E-state index is 13.0. The molecular formula is C35H33NO14. The molecule has 0 radical (unpaired) electrons. The highest BCUT2D eigenvalue weighted by Gasteiger charge is 2.53. The second-order valence-electron chi connectivity index (χ2n) is 11.1. The van der Waals surface area contributed by atoms with Gasteiger partial charge in [-0.2, -0.15) is 0 Å². The number of benzene rings is 3. The van der Waals surface area contributed by atoms with E-state index in [0.29, 0.717) is 0 Å². The van der Waals surface area contributed by atoms with Gasteiger partial charge in [-0.25, -0.2) is 14.4 Å². The first-order valence-corrected chi connectivity index (χ1v) is 14.8. The summed E-state index contributed by atoms with van der Waals surface area (Å²) in [5, 5.41) is 71.5. The standard InChI is InChI=1S/C35H33NO14/c1-36-34(46)35(47)17-28(48-30(43)11-5-19-2-8-22(37)25(40)14-19)33(50-32(45)13-7-21-4-10-24(39)27(42)16-21)29(18-35)49-31(44)12-6-20-3-9-23(38)26(41)15-20/h2-16,28-29,33,37-42,47H,17-18H2,1H3,(H,36,46)/b11-5+,12-6+,13-7+/t28-,29-,33-,35+/m1/s1. The topological polar surface area (TPSA) is 250 Å². The Morgan fingerprint density at radius 3 is 1.26 bits per heavy atom. The van der Waals surface area contributed by atoms with Gasteiger partial charge in [0, 0.05) is 38.1 Å². The van der Waals surface area contributed by atoms with Gasteiger partial charge in [-0.1, -0.05) is 18.2 Å². The highest BCUT2D eigenvalue weighted by Crippen LogP contribution is 2.36. The van der Waals surface area contributed by atoms with Gasteiger partial charge >= 0.3 is 17.9 Å². The number of carbonyl (C=O) groups is 4. The van der Waals surface area contributed by atoms with E-state index in [1.807, 2.05) is 0 Å². The minimum absolute atomic E-state index is 0.289. The fraction of sp³-hybridized carbons (Fsp3) is 0.200. The fourth-order valence-electron chi connectivity index (χ4n) is 4.98. The van der Waals surface area contributed by atoms with Gasteiger partial charge in [0.1, 0.15) is 17.8 Å². The van der Waals surface area contributed by atoms with Gasteiger partial charge < -0.3 is 55.3 Å². The van der Waals surface area contributed by atoms with E-state index in [-0.39, 0.29) is 16.7 Å². The van der Waals surface area contributed by atoms with E-state index < -0.39 is 95.1 Å². The van der Waals surface area contributed by atoms with Crippen LogP contribution in [0.1, 0.15) is 29.5 Å². The molecule has 3 aromatic rings. The van der Waals surface area contributed by atoms with Crippen LogP contribution < -0.4 is 5.32 Å². The lowest BCUT2D eigenvalue weighted by atomic mass is 9.78. The molecule has 0 unspecified atom stereocenters. The summed E-state index contributed by atoms with van der Waals surface area (Å²) in [4.78, 5) is 51.8. The number of ether oxygens (including phenoxy) is 3. The fourth-order valence-corrected chi connectivity index (χ4v) is 4.98. The molecule has 15 nitrogen and oxygen atoms in total. The van der Waals surface area contributed by atoms with E-state index in [4.69, 9.17) is 14.2 Å². The summed E-state index contributed by atoms with van der Waals surface area (Å²) in [6.07, 6.45) is 0.562. The number of phenols is 6. The van der Waals surface area contributed by atoms with Gasteiger partial charge in [-0.05, 0) is 71.3 Å². The molecule has 0 spiro atoms. The minimum atomic E-state index is -2.29. The quantitative estimate of drug-likeness (QED) is 0.0658. The van der Waals surface area contributed by atoms with E-state index in [1.54, 1.807) is 0 Å². The van der Waals surface area contributed by atoms with E-state index >= 15 is 0 Å². The first kappa shape index (κ1) is 36.4. The molecule has 1 aliphatic carbocycles. The highest BCUT2D eigenvalue weighted by atomic mass is 16.6. The van der Waals surface area contributed by atoms with E-state index in [2.05, 4.69) is 5.32 Å². The van der Waals surface area contributed by atoms with E-state index in [9.17, 15) is 54.9 Å². The van der Waals surface area contributed by atoms with Crippen LogP contribution in [0.3, 0.4) is 0 Å². The lowest BCUT2D eigenvalue weighted by molar-refractivity contribution is -0.205. The molecule has 2 atom stereocenters. The summed E-state index contributed by atoms with van der Waals surface area (Å²) in [5.41, 5.74) is -1.42. The SMILES string of the molecule is CNC(=O)[C@]1(O)C[C@@H](OC(=O)/C=C/c2ccc(O)c(O)c2)[C@@H](OC(=O)/C=C/c2ccc(O)c(O)c2)[C@H](OC(=O)/C=C/c2ccc(O)c(O)c2)C1. The van der Waals surface area contributed by atoms with Crippen LogP contribution in [0.4, 0.5) is 0 Å². The molecule has 262 valence electrons. The molecule has 0 heterocycles. The number of carbonyl (C=O) groups excluding carboxylic acids is 4. The van der Waals surface area contributed by atoms with Crippen molar-refractivity contribution >= 4 is 42.0 Å². The molecule has 50 heavy (non-hydrogen) atoms. The van der Waals surface area contributed by atoms with Crippen molar-refractivity contribution in [3.05, 3.63) is 89.5 Å². The van der Waals surface area contributed by atoms with Crippen molar-refractivity contribution in [2.45, 2.75) is 36.8 Å². The Bertz CT molecular complexity index is 1780. The van der Waals surface area contributed by atoms with Crippen molar-refractivity contribution < 1.29 is 69.1 Å². The van der Waals surface area contributed by atoms with Crippen molar-refractivity contribution in [3.8, 4) is 34.5 Å². The van der Waals surface area contributed by atoms with Crippen LogP contribution in [0.15, 0.2) is 72.8 Å². The number of hydrogen-bond donors (Lipinski definition) is 8. The second-order valence-corrected chi connectivity index (χ2v) is 11.1. The molecule has 3 aromatic carbocycles. The maximum Gasteiger partial charge on any atom is 0.331 e. The third kappa shape index (κ3) is 9.32. The molecule has 0 aliphatic heterocycles. The molecule has 1 amide bonds. The molecule has 8 N–H and O–H groups in total. The first-order valence-electron chi connectivity index (χ1n) is 14.8. The number of hydrogen-bond acceptors (Lipinski definition) is 14. The summed E-state index contributed by atoms with van der Waals surface area (Å²) in [6, 6.07) is 11.2. The van der Waals surface area contributed by atoms with Crippen LogP contribution in [0.5, 0.6) is 34.5 Å². The van der Waals surface area contributed by atoms with Crippen molar-refractivity contribution in [2.75, 3.05) is 7.05 Å². The Morgan fingerprint density at radius 1 is 0.600 bits per heavy atom. The van der Waals surface area contributed by atoms with Crippen LogP contribution in [0, 0.1) is 0 Å². The normalized spacial score (nSPS) is 20.5. The molecule has 1 saturated carbocycles. The highest BCUT2D eigenvalue weighted by molar-refractivity contribution is 5.90. The maximum absolute atomic E-state index is 13.0. The van der Waals surface area contributed by atoms with Crippen molar-refractivity contribution in [2.24, 2.45) is 0 Å². The smallest absolute Gasteiger partial charge is 0.331 e. The van der Waals surface area contributed by atoms with Crippen LogP contribution in [0.25, 0.3) is 18.2 Å². The second kappa shape index (κ2) is 15.6. The average Bonchev–Trinajstić information content (AvgIpc) is 3.07. The molecule has 0 aromatic heterocycles. The lowest BCUT2D eigenvalue weighted by Crippen LogP contribution is -2.61. The predicted molar refractivity (Wildman–Crippen MR) is 174 cm³/mol. The summed E-state index contributed by atoms with van der Waals surface area (Å²) in [7, 11) is 1.24. The molecular weight excluding hydrogens is 658 g/mol. The van der Waals surface area contributed by atoms with Gasteiger partial charge in [-0.3, -0.25) is 4.79 Å². The van der Waals surface area contributed by atoms with Crippen molar-refractivity contribution in [1.29, 1.82) is 0 Å². The lowest BCUT2D eigenvalue weighted by Gasteiger charge is -2.42. The van der Waals surface area contributed by atoms with Gasteiger partial charge in [-0.15, -0.1) is 0 Å². The van der Waals surface area contributed by atoms with Gasteiger partial charge in [0.15, 0.2) is 40.6 Å². The van der Waals surface area contributed by atoms with Crippen LogP contribution in [-0.2, 0) is 33.4 Å². The number of esters is 3. The number of likely N-dealkylation sites (N-methyl/N-ethyl adjacent to an activating group) is 1. The number of nitrogens with one attached hydrogen (secondary N) is 1. The first-order chi connectivity index (χ1) is 23.7. The Hall–Kier alpha value is -6.48. The summed E-state index contributed by atoms with van der Waals surface area (Å²) in [5.74, 6) is -6.57. The number of aliphatic hydroxyl groups is 1. The van der Waals surface area contributed by atoms with Crippen molar-refractivity contribution in [3.63, 3.8) is 0 Å². The minimum Gasteiger partial charge on any atom is -0.504 e. The van der Waals surface area contributed by atoms with E-state index in [1.165, 1.54) is 67.7 Å². The summed E-state index contributed by atoms with van der Waals surface area (Å²) >= 11 is 0. The molecule has 1 fully saturated rings. The number of amides is 1. The van der Waals surface area contributed by atoms with Gasteiger partial charge in [0.05, 0.1) is 0 Å². The zero-order valence-corrected chi connectivity index (χ0v) is 26.3. The Kier molecular flexibility index (Phi) is 11.4. The zero-order chi connectivity index (χ0) is 36.6. The predicted octanol–water partition coefficient (Wildman–Crippen LogP) is 2.37. The summed E-state index contributed by atoms with van der Waals surface area (Å²) < 4.78 is 16.6. The van der Waals surface area contributed by atoms with Gasteiger partial charge in [0.25, 0.3) is 5.91 Å². The molecule has 4 rings (SSSR count). The largest absolute Gasteiger partial charge is 0.504 e. The van der Waals surface area contributed by atoms with Gasteiger partial charge in [0.2, 0.25) is 0 Å². The average molecular weight is 692 g/mol. The van der Waals surface area contributed by atoms with Crippen LogP contribution in [-0.4, -0.2) is 90.5 Å². The third-order valence-corrected chi connectivity index (χ3v) is 7.48. The molecule has 1 aliphatic rings. The number of aromatic hydroxyl groups is 6. The Morgan fingerprint density at radius 2 is 0.940 bits per heavy atom. The third-order valence-electron chi connectivity index (χ3n) is 7.48. The van der Waals surface area contributed by atoms with Crippen LogP contribution in [0.2, 0.25) is 0 Å². The molecule has 0 bridgehead atoms. The zero-order valence-electron chi connectivity index (χ0n) is 26.3.